The summed E-state index contributed by atoms with van der Waals surface area (Å²) in [6, 6.07) is 5.97. The Hall–Kier alpha value is -2.12. The molecule has 7 nitrogen and oxygen atoms in total. The Labute approximate surface area is 129 Å². The van der Waals surface area contributed by atoms with Gasteiger partial charge in [-0.05, 0) is 36.5 Å². The van der Waals surface area contributed by atoms with E-state index in [1.165, 1.54) is 0 Å². The molecule has 1 unspecified atom stereocenters. The van der Waals surface area contributed by atoms with E-state index in [2.05, 4.69) is 10.6 Å². The standard InChI is InChI=1S/C15H22N4O3/c16-13(11-5-7-22-8-6-11)14(20)18-9-10-1-3-12(4-2-10)19-15(17)21/h1-4,11,13H,5-9,16H2,(H,18,20)(H3,17,19,21). The monoisotopic (exact) mass is 306 g/mol. The minimum absolute atomic E-state index is 0.147. The molecule has 7 heteroatoms. The maximum atomic E-state index is 12.1. The fourth-order valence-electron chi connectivity index (χ4n) is 2.44. The first kappa shape index (κ1) is 16.3. The SMILES string of the molecule is NC(=O)Nc1ccc(CNC(=O)C(N)C2CCOCC2)cc1. The molecule has 22 heavy (non-hydrogen) atoms. The van der Waals surface area contributed by atoms with Gasteiger partial charge in [0.05, 0.1) is 6.04 Å². The molecule has 1 saturated heterocycles. The van der Waals surface area contributed by atoms with E-state index in [1.54, 1.807) is 12.1 Å². The number of hydrogen-bond donors (Lipinski definition) is 4. The molecule has 0 bridgehead atoms. The summed E-state index contributed by atoms with van der Waals surface area (Å²) in [7, 11) is 0. The van der Waals surface area contributed by atoms with Crippen LogP contribution in [0.15, 0.2) is 24.3 Å². The van der Waals surface area contributed by atoms with E-state index in [1.807, 2.05) is 12.1 Å². The summed E-state index contributed by atoms with van der Waals surface area (Å²) in [5.41, 5.74) is 12.6. The molecule has 1 atom stereocenters. The van der Waals surface area contributed by atoms with E-state index in [0.29, 0.717) is 25.4 Å². The number of nitrogens with two attached hydrogens (primary N) is 2. The first-order valence-corrected chi connectivity index (χ1v) is 7.32. The number of benzene rings is 1. The molecule has 0 saturated carbocycles. The summed E-state index contributed by atoms with van der Waals surface area (Å²) in [4.78, 5) is 22.8. The van der Waals surface area contributed by atoms with Gasteiger partial charge in [-0.15, -0.1) is 0 Å². The van der Waals surface area contributed by atoms with Crippen LogP contribution in [0.2, 0.25) is 0 Å². The van der Waals surface area contributed by atoms with Gasteiger partial charge in [0.25, 0.3) is 0 Å². The molecular formula is C15H22N4O3. The van der Waals surface area contributed by atoms with E-state index < -0.39 is 12.1 Å². The van der Waals surface area contributed by atoms with E-state index in [9.17, 15) is 9.59 Å². The van der Waals surface area contributed by atoms with E-state index in [4.69, 9.17) is 16.2 Å². The minimum atomic E-state index is -0.608. The predicted octanol–water partition coefficient (Wildman–Crippen LogP) is 0.547. The van der Waals surface area contributed by atoms with Crippen molar-refractivity contribution in [1.82, 2.24) is 5.32 Å². The van der Waals surface area contributed by atoms with Crippen molar-refractivity contribution in [2.45, 2.75) is 25.4 Å². The zero-order valence-electron chi connectivity index (χ0n) is 12.4. The second kappa shape index (κ2) is 7.77. The van der Waals surface area contributed by atoms with Gasteiger partial charge in [0, 0.05) is 25.4 Å². The molecule has 0 spiro atoms. The van der Waals surface area contributed by atoms with Gasteiger partial charge < -0.3 is 26.8 Å². The molecule has 1 aliphatic heterocycles. The number of anilines is 1. The number of urea groups is 1. The summed E-state index contributed by atoms with van der Waals surface area (Å²) in [5, 5.41) is 5.32. The van der Waals surface area contributed by atoms with Crippen LogP contribution in [0.5, 0.6) is 0 Å². The van der Waals surface area contributed by atoms with Crippen LogP contribution in [0.1, 0.15) is 18.4 Å². The second-order valence-corrected chi connectivity index (χ2v) is 5.38. The fourth-order valence-corrected chi connectivity index (χ4v) is 2.44. The minimum Gasteiger partial charge on any atom is -0.381 e. The van der Waals surface area contributed by atoms with Crippen LogP contribution in [-0.4, -0.2) is 31.2 Å². The van der Waals surface area contributed by atoms with Crippen LogP contribution >= 0.6 is 0 Å². The molecule has 1 aromatic rings. The highest BCUT2D eigenvalue weighted by atomic mass is 16.5. The van der Waals surface area contributed by atoms with Gasteiger partial charge in [-0.25, -0.2) is 4.79 Å². The molecule has 1 aromatic carbocycles. The molecule has 1 aliphatic rings. The number of carbonyl (C=O) groups excluding carboxylic acids is 2. The van der Waals surface area contributed by atoms with Crippen LogP contribution in [0.4, 0.5) is 10.5 Å². The lowest BCUT2D eigenvalue weighted by Gasteiger charge is -2.26. The lowest BCUT2D eigenvalue weighted by atomic mass is 9.92. The molecule has 0 radical (unpaired) electrons. The number of hydrogen-bond acceptors (Lipinski definition) is 4. The smallest absolute Gasteiger partial charge is 0.316 e. The zero-order valence-corrected chi connectivity index (χ0v) is 12.4. The van der Waals surface area contributed by atoms with Gasteiger partial charge in [-0.1, -0.05) is 12.1 Å². The summed E-state index contributed by atoms with van der Waals surface area (Å²) in [6.07, 6.45) is 1.64. The highest BCUT2D eigenvalue weighted by Gasteiger charge is 2.26. The Kier molecular flexibility index (Phi) is 5.74. The number of ether oxygens (including phenoxy) is 1. The Morgan fingerprint density at radius 3 is 2.45 bits per heavy atom. The van der Waals surface area contributed by atoms with Gasteiger partial charge in [-0.3, -0.25) is 4.79 Å². The van der Waals surface area contributed by atoms with Crippen molar-refractivity contribution in [3.8, 4) is 0 Å². The van der Waals surface area contributed by atoms with Crippen molar-refractivity contribution in [3.05, 3.63) is 29.8 Å². The molecule has 1 fully saturated rings. The zero-order chi connectivity index (χ0) is 15.9. The van der Waals surface area contributed by atoms with Crippen LogP contribution < -0.4 is 22.1 Å². The van der Waals surface area contributed by atoms with Crippen molar-refractivity contribution >= 4 is 17.6 Å². The van der Waals surface area contributed by atoms with Crippen molar-refractivity contribution in [3.63, 3.8) is 0 Å². The quantitative estimate of drug-likeness (QED) is 0.635. The Balaban J connectivity index is 1.81. The highest BCUT2D eigenvalue weighted by Crippen LogP contribution is 2.17. The molecule has 0 aliphatic carbocycles. The maximum Gasteiger partial charge on any atom is 0.316 e. The Morgan fingerprint density at radius 1 is 1.23 bits per heavy atom. The fraction of sp³-hybridized carbons (Fsp3) is 0.467. The highest BCUT2D eigenvalue weighted by molar-refractivity contribution is 5.87. The lowest BCUT2D eigenvalue weighted by molar-refractivity contribution is -0.124. The predicted molar refractivity (Wildman–Crippen MR) is 83.0 cm³/mol. The third kappa shape index (κ3) is 4.71. The largest absolute Gasteiger partial charge is 0.381 e. The Bertz CT molecular complexity index is 512. The van der Waals surface area contributed by atoms with Gasteiger partial charge in [0.1, 0.15) is 0 Å². The topological polar surface area (TPSA) is 119 Å². The van der Waals surface area contributed by atoms with E-state index in [-0.39, 0.29) is 11.8 Å². The molecule has 3 amide bonds. The van der Waals surface area contributed by atoms with Crippen molar-refractivity contribution in [2.75, 3.05) is 18.5 Å². The van der Waals surface area contributed by atoms with Crippen LogP contribution in [0.3, 0.4) is 0 Å². The van der Waals surface area contributed by atoms with Gasteiger partial charge in [0.2, 0.25) is 5.91 Å². The van der Waals surface area contributed by atoms with Crippen molar-refractivity contribution < 1.29 is 14.3 Å². The van der Waals surface area contributed by atoms with E-state index >= 15 is 0 Å². The molecule has 1 heterocycles. The molecule has 120 valence electrons. The van der Waals surface area contributed by atoms with Crippen molar-refractivity contribution in [2.24, 2.45) is 17.4 Å². The third-order valence-corrected chi connectivity index (χ3v) is 3.76. The van der Waals surface area contributed by atoms with E-state index in [0.717, 1.165) is 18.4 Å². The van der Waals surface area contributed by atoms with Crippen LogP contribution in [-0.2, 0) is 16.1 Å². The molecular weight excluding hydrogens is 284 g/mol. The number of rotatable bonds is 5. The van der Waals surface area contributed by atoms with Gasteiger partial charge in [0.15, 0.2) is 0 Å². The second-order valence-electron chi connectivity index (χ2n) is 5.38. The summed E-state index contributed by atoms with van der Waals surface area (Å²) in [6.45, 7) is 1.73. The summed E-state index contributed by atoms with van der Waals surface area (Å²) >= 11 is 0. The first-order chi connectivity index (χ1) is 10.6. The normalized spacial score (nSPS) is 16.8. The average Bonchev–Trinajstić information content (AvgIpc) is 2.53. The Morgan fingerprint density at radius 2 is 1.86 bits per heavy atom. The van der Waals surface area contributed by atoms with Gasteiger partial charge >= 0.3 is 6.03 Å². The maximum absolute atomic E-state index is 12.1. The summed E-state index contributed by atoms with van der Waals surface area (Å²) < 4.78 is 5.27. The van der Waals surface area contributed by atoms with Crippen LogP contribution in [0, 0.1) is 5.92 Å². The number of nitrogens with one attached hydrogen (secondary N) is 2. The first-order valence-electron chi connectivity index (χ1n) is 7.32. The average molecular weight is 306 g/mol. The lowest BCUT2D eigenvalue weighted by Crippen LogP contribution is -2.46. The molecule has 0 aromatic heterocycles. The molecule has 6 N–H and O–H groups in total. The van der Waals surface area contributed by atoms with Crippen molar-refractivity contribution in [1.29, 1.82) is 0 Å². The number of amides is 3. The number of primary amides is 1. The number of carbonyl (C=O) groups is 2. The van der Waals surface area contributed by atoms with Gasteiger partial charge in [-0.2, -0.15) is 0 Å². The third-order valence-electron chi connectivity index (χ3n) is 3.76. The van der Waals surface area contributed by atoms with Crippen LogP contribution in [0.25, 0.3) is 0 Å². The molecule has 2 rings (SSSR count). The summed E-state index contributed by atoms with van der Waals surface area (Å²) in [5.74, 6) is 0.0298.